The molecule has 28 heavy (non-hydrogen) atoms. The summed E-state index contributed by atoms with van der Waals surface area (Å²) < 4.78 is 0. The van der Waals surface area contributed by atoms with Gasteiger partial charge in [-0.1, -0.05) is 17.7 Å². The average Bonchev–Trinajstić information content (AvgIpc) is 3.23. The zero-order valence-corrected chi connectivity index (χ0v) is 17.0. The zero-order valence-electron chi connectivity index (χ0n) is 16.2. The SMILES string of the molecule is CC(C)NC(=O)[C@H](Nc1ccc2c(c1)CN(C)C2)c1cc(Cl)cc2[nH]ncc12. The molecule has 1 aliphatic heterocycles. The lowest BCUT2D eigenvalue weighted by atomic mass is 10.0. The number of aromatic nitrogens is 2. The normalized spacial score (nSPS) is 15.0. The number of carbonyl (C=O) groups excluding carboxylic acids is 1. The van der Waals surface area contributed by atoms with E-state index >= 15 is 0 Å². The molecule has 1 aromatic heterocycles. The fourth-order valence-electron chi connectivity index (χ4n) is 3.75. The van der Waals surface area contributed by atoms with Crippen molar-refractivity contribution in [3.05, 3.63) is 58.2 Å². The minimum atomic E-state index is -0.585. The second-order valence-electron chi connectivity index (χ2n) is 7.72. The summed E-state index contributed by atoms with van der Waals surface area (Å²) in [4.78, 5) is 15.3. The number of halogens is 1. The third-order valence-corrected chi connectivity index (χ3v) is 5.18. The monoisotopic (exact) mass is 397 g/mol. The van der Waals surface area contributed by atoms with Crippen molar-refractivity contribution in [2.45, 2.75) is 39.0 Å². The Balaban J connectivity index is 1.73. The van der Waals surface area contributed by atoms with Gasteiger partial charge in [-0.25, -0.2) is 0 Å². The Labute approximate surface area is 169 Å². The molecule has 7 heteroatoms. The Kier molecular flexibility index (Phi) is 5.00. The lowest BCUT2D eigenvalue weighted by Crippen LogP contribution is -2.37. The van der Waals surface area contributed by atoms with Gasteiger partial charge in [0.15, 0.2) is 0 Å². The largest absolute Gasteiger partial charge is 0.370 e. The van der Waals surface area contributed by atoms with Gasteiger partial charge in [0.1, 0.15) is 6.04 Å². The van der Waals surface area contributed by atoms with Crippen LogP contribution >= 0.6 is 11.6 Å². The van der Waals surface area contributed by atoms with E-state index in [1.54, 1.807) is 6.20 Å². The number of nitrogens with one attached hydrogen (secondary N) is 3. The molecule has 6 nitrogen and oxygen atoms in total. The van der Waals surface area contributed by atoms with Gasteiger partial charge in [0.2, 0.25) is 5.91 Å². The number of H-pyrrole nitrogens is 1. The molecule has 3 N–H and O–H groups in total. The number of hydrogen-bond acceptors (Lipinski definition) is 4. The lowest BCUT2D eigenvalue weighted by molar-refractivity contribution is -0.122. The minimum Gasteiger partial charge on any atom is -0.370 e. The van der Waals surface area contributed by atoms with E-state index in [-0.39, 0.29) is 11.9 Å². The van der Waals surface area contributed by atoms with Crippen LogP contribution in [0.5, 0.6) is 0 Å². The molecule has 1 atom stereocenters. The van der Waals surface area contributed by atoms with Crippen LogP contribution in [0, 0.1) is 0 Å². The van der Waals surface area contributed by atoms with Crippen LogP contribution < -0.4 is 10.6 Å². The molecule has 0 unspecified atom stereocenters. The van der Waals surface area contributed by atoms with Gasteiger partial charge in [-0.15, -0.1) is 0 Å². The van der Waals surface area contributed by atoms with Gasteiger partial charge in [-0.3, -0.25) is 14.8 Å². The maximum absolute atomic E-state index is 13.1. The van der Waals surface area contributed by atoms with Gasteiger partial charge >= 0.3 is 0 Å². The van der Waals surface area contributed by atoms with Gasteiger partial charge in [0.25, 0.3) is 0 Å². The third-order valence-electron chi connectivity index (χ3n) is 4.96. The van der Waals surface area contributed by atoms with E-state index in [2.05, 4.69) is 44.9 Å². The Morgan fingerprint density at radius 1 is 1.21 bits per heavy atom. The van der Waals surface area contributed by atoms with E-state index < -0.39 is 6.04 Å². The maximum Gasteiger partial charge on any atom is 0.247 e. The molecule has 3 aromatic rings. The predicted octanol–water partition coefficient (Wildman–Crippen LogP) is 3.84. The van der Waals surface area contributed by atoms with Crippen molar-refractivity contribution in [3.63, 3.8) is 0 Å². The number of aromatic amines is 1. The van der Waals surface area contributed by atoms with Crippen molar-refractivity contribution in [2.24, 2.45) is 0 Å². The predicted molar refractivity (Wildman–Crippen MR) is 112 cm³/mol. The highest BCUT2D eigenvalue weighted by Crippen LogP contribution is 2.31. The number of nitrogens with zero attached hydrogens (tertiary/aromatic N) is 2. The second kappa shape index (κ2) is 7.45. The summed E-state index contributed by atoms with van der Waals surface area (Å²) in [5, 5.41) is 14.9. The van der Waals surface area contributed by atoms with Crippen LogP contribution in [0.1, 0.15) is 36.6 Å². The second-order valence-corrected chi connectivity index (χ2v) is 8.16. The smallest absolute Gasteiger partial charge is 0.247 e. The van der Waals surface area contributed by atoms with Crippen LogP contribution in [0.15, 0.2) is 36.5 Å². The van der Waals surface area contributed by atoms with Gasteiger partial charge in [0.05, 0.1) is 11.7 Å². The first kappa shape index (κ1) is 18.8. The summed E-state index contributed by atoms with van der Waals surface area (Å²) in [7, 11) is 2.10. The van der Waals surface area contributed by atoms with Crippen LogP contribution in [-0.4, -0.2) is 34.1 Å². The van der Waals surface area contributed by atoms with E-state index in [9.17, 15) is 4.79 Å². The number of fused-ring (bicyclic) bond motifs is 2. The van der Waals surface area contributed by atoms with Gasteiger partial charge < -0.3 is 10.6 Å². The molecule has 0 spiro atoms. The molecule has 1 amide bonds. The summed E-state index contributed by atoms with van der Waals surface area (Å²) in [5.41, 5.74) is 5.13. The molecule has 146 valence electrons. The summed E-state index contributed by atoms with van der Waals surface area (Å²) in [6, 6.07) is 9.39. The highest BCUT2D eigenvalue weighted by Gasteiger charge is 2.25. The standard InChI is InChI=1S/C21H24ClN5O/c1-12(2)24-21(28)20(17-7-15(22)8-19-18(17)9-23-26-19)25-16-5-4-13-10-27(3)11-14(13)6-16/h4-9,12,20,25H,10-11H2,1-3H3,(H,23,26)(H,24,28)/t20-/m1/s1. The van der Waals surface area contributed by atoms with Crippen LogP contribution in [0.4, 0.5) is 5.69 Å². The first-order valence-electron chi connectivity index (χ1n) is 9.40. The molecule has 0 fully saturated rings. The molecule has 0 saturated carbocycles. The molecule has 0 aliphatic carbocycles. The number of rotatable bonds is 5. The van der Waals surface area contributed by atoms with E-state index in [1.165, 1.54) is 11.1 Å². The molecule has 0 radical (unpaired) electrons. The van der Waals surface area contributed by atoms with E-state index in [0.717, 1.165) is 35.2 Å². The van der Waals surface area contributed by atoms with Crippen molar-refractivity contribution < 1.29 is 4.79 Å². The lowest BCUT2D eigenvalue weighted by Gasteiger charge is -2.22. The fourth-order valence-corrected chi connectivity index (χ4v) is 3.98. The Hall–Kier alpha value is -2.57. The van der Waals surface area contributed by atoms with E-state index in [0.29, 0.717) is 5.02 Å². The highest BCUT2D eigenvalue weighted by molar-refractivity contribution is 6.31. The number of carbonyl (C=O) groups is 1. The van der Waals surface area contributed by atoms with Crippen molar-refractivity contribution in [1.29, 1.82) is 0 Å². The molecule has 1 aliphatic rings. The number of anilines is 1. The van der Waals surface area contributed by atoms with Crippen LogP contribution in [0.2, 0.25) is 5.02 Å². The number of benzene rings is 2. The topological polar surface area (TPSA) is 73.1 Å². The Morgan fingerprint density at radius 3 is 2.79 bits per heavy atom. The van der Waals surface area contributed by atoms with Crippen LogP contribution in [-0.2, 0) is 17.9 Å². The van der Waals surface area contributed by atoms with E-state index in [4.69, 9.17) is 11.6 Å². The molecule has 2 heterocycles. The molecule has 0 saturated heterocycles. The van der Waals surface area contributed by atoms with Crippen LogP contribution in [0.25, 0.3) is 10.9 Å². The minimum absolute atomic E-state index is 0.0319. The number of amides is 1. The van der Waals surface area contributed by atoms with Crippen molar-refractivity contribution in [2.75, 3.05) is 12.4 Å². The summed E-state index contributed by atoms with van der Waals surface area (Å²) in [5.74, 6) is -0.0996. The molecule has 4 rings (SSSR count). The summed E-state index contributed by atoms with van der Waals surface area (Å²) in [6.45, 7) is 5.77. The van der Waals surface area contributed by atoms with Gasteiger partial charge in [-0.05, 0) is 61.9 Å². The first-order chi connectivity index (χ1) is 13.4. The third kappa shape index (κ3) is 3.70. The summed E-state index contributed by atoms with van der Waals surface area (Å²) >= 11 is 6.32. The molecular weight excluding hydrogens is 374 g/mol. The molecule has 0 bridgehead atoms. The van der Waals surface area contributed by atoms with Crippen molar-refractivity contribution in [3.8, 4) is 0 Å². The zero-order chi connectivity index (χ0) is 19.8. The van der Waals surface area contributed by atoms with Crippen LogP contribution in [0.3, 0.4) is 0 Å². The number of hydrogen-bond donors (Lipinski definition) is 3. The first-order valence-corrected chi connectivity index (χ1v) is 9.78. The maximum atomic E-state index is 13.1. The molecule has 2 aromatic carbocycles. The Bertz CT molecular complexity index is 1030. The quantitative estimate of drug-likeness (QED) is 0.611. The van der Waals surface area contributed by atoms with Crippen molar-refractivity contribution in [1.82, 2.24) is 20.4 Å². The summed E-state index contributed by atoms with van der Waals surface area (Å²) in [6.07, 6.45) is 1.73. The average molecular weight is 398 g/mol. The van der Waals surface area contributed by atoms with Crippen molar-refractivity contribution >= 4 is 34.1 Å². The van der Waals surface area contributed by atoms with Gasteiger partial charge in [-0.2, -0.15) is 5.10 Å². The highest BCUT2D eigenvalue weighted by atomic mass is 35.5. The Morgan fingerprint density at radius 2 is 2.00 bits per heavy atom. The van der Waals surface area contributed by atoms with E-state index in [1.807, 2.05) is 32.0 Å². The van der Waals surface area contributed by atoms with Gasteiger partial charge in [0, 0.05) is 35.2 Å². The fraction of sp³-hybridized carbons (Fsp3) is 0.333. The molecular formula is C21H24ClN5O.